The second kappa shape index (κ2) is 10.0. The van der Waals surface area contributed by atoms with Crippen molar-refractivity contribution in [1.29, 1.82) is 0 Å². The van der Waals surface area contributed by atoms with Crippen molar-refractivity contribution in [3.8, 4) is 5.75 Å². The molecule has 1 aliphatic heterocycles. The van der Waals surface area contributed by atoms with E-state index in [2.05, 4.69) is 15.6 Å². The van der Waals surface area contributed by atoms with Crippen molar-refractivity contribution in [2.75, 3.05) is 26.2 Å². The normalized spacial score (nSPS) is 18.7. The topological polar surface area (TPSA) is 59.9 Å². The fourth-order valence-electron chi connectivity index (χ4n) is 2.69. The zero-order chi connectivity index (χ0) is 17.6. The summed E-state index contributed by atoms with van der Waals surface area (Å²) in [5.41, 5.74) is 0.859. The zero-order valence-electron chi connectivity index (χ0n) is 14.0. The minimum absolute atomic E-state index is 0. The molecular formula is C16H24F3IN4O. The third-order valence-corrected chi connectivity index (χ3v) is 3.69. The van der Waals surface area contributed by atoms with E-state index in [-0.39, 0.29) is 35.8 Å². The summed E-state index contributed by atoms with van der Waals surface area (Å²) < 4.78 is 37.3. The van der Waals surface area contributed by atoms with Gasteiger partial charge in [-0.15, -0.1) is 24.0 Å². The Bertz CT molecular complexity index is 569. The van der Waals surface area contributed by atoms with Gasteiger partial charge in [-0.3, -0.25) is 4.90 Å². The lowest BCUT2D eigenvalue weighted by molar-refractivity contribution is -0.143. The number of nitrogens with zero attached hydrogens (tertiary/aromatic N) is 2. The maximum Gasteiger partial charge on any atom is 0.401 e. The zero-order valence-corrected chi connectivity index (χ0v) is 16.3. The lowest BCUT2D eigenvalue weighted by atomic mass is 10.2. The molecule has 142 valence electrons. The number of halogens is 4. The molecule has 9 heteroatoms. The number of nitrogens with one attached hydrogen (secondary N) is 2. The molecule has 1 unspecified atom stereocenters. The summed E-state index contributed by atoms with van der Waals surface area (Å²) in [6.07, 6.45) is -3.52. The van der Waals surface area contributed by atoms with Crippen molar-refractivity contribution in [1.82, 2.24) is 15.5 Å². The molecule has 0 bridgehead atoms. The fraction of sp³-hybridized carbons (Fsp3) is 0.562. The first-order chi connectivity index (χ1) is 11.4. The highest BCUT2D eigenvalue weighted by atomic mass is 127. The Hall–Kier alpha value is -1.23. The van der Waals surface area contributed by atoms with E-state index in [4.69, 9.17) is 0 Å². The lowest BCUT2D eigenvalue weighted by Crippen LogP contribution is -2.45. The number of rotatable bonds is 5. The predicted octanol–water partition coefficient (Wildman–Crippen LogP) is 2.70. The van der Waals surface area contributed by atoms with Gasteiger partial charge >= 0.3 is 6.18 Å². The van der Waals surface area contributed by atoms with Gasteiger partial charge in [-0.1, -0.05) is 12.1 Å². The molecule has 0 aromatic heterocycles. The molecule has 1 heterocycles. The number of hydrogen-bond donors (Lipinski definition) is 3. The highest BCUT2D eigenvalue weighted by molar-refractivity contribution is 14.0. The third kappa shape index (κ3) is 8.13. The number of phenols is 1. The first kappa shape index (κ1) is 21.8. The van der Waals surface area contributed by atoms with Gasteiger partial charge in [0.05, 0.1) is 13.1 Å². The molecule has 0 amide bonds. The summed E-state index contributed by atoms with van der Waals surface area (Å²) in [4.78, 5) is 5.83. The van der Waals surface area contributed by atoms with Crippen LogP contribution in [-0.4, -0.2) is 54.4 Å². The monoisotopic (exact) mass is 472 g/mol. The average molecular weight is 472 g/mol. The number of likely N-dealkylation sites (tertiary alicyclic amines) is 1. The van der Waals surface area contributed by atoms with Crippen LogP contribution in [0.4, 0.5) is 13.2 Å². The molecule has 1 aromatic rings. The van der Waals surface area contributed by atoms with Crippen LogP contribution in [0, 0.1) is 0 Å². The number of aromatic hydroxyl groups is 1. The smallest absolute Gasteiger partial charge is 0.401 e. The van der Waals surface area contributed by atoms with E-state index in [1.54, 1.807) is 18.2 Å². The van der Waals surface area contributed by atoms with E-state index in [1.165, 1.54) is 4.90 Å². The van der Waals surface area contributed by atoms with Crippen LogP contribution in [0.3, 0.4) is 0 Å². The van der Waals surface area contributed by atoms with Gasteiger partial charge in [0.1, 0.15) is 5.75 Å². The molecule has 2 rings (SSSR count). The Labute approximate surface area is 162 Å². The van der Waals surface area contributed by atoms with E-state index in [0.717, 1.165) is 5.56 Å². The van der Waals surface area contributed by atoms with Crippen LogP contribution >= 0.6 is 24.0 Å². The van der Waals surface area contributed by atoms with Crippen LogP contribution in [0.2, 0.25) is 0 Å². The first-order valence-electron chi connectivity index (χ1n) is 7.97. The fourth-order valence-corrected chi connectivity index (χ4v) is 2.69. The third-order valence-electron chi connectivity index (χ3n) is 3.69. The number of aliphatic imine (C=N–C) groups is 1. The van der Waals surface area contributed by atoms with Crippen molar-refractivity contribution in [2.24, 2.45) is 4.99 Å². The van der Waals surface area contributed by atoms with Gasteiger partial charge in [0, 0.05) is 25.7 Å². The Morgan fingerprint density at radius 3 is 2.80 bits per heavy atom. The molecule has 25 heavy (non-hydrogen) atoms. The number of benzene rings is 1. The number of alkyl halides is 3. The largest absolute Gasteiger partial charge is 0.508 e. The Kier molecular flexibility index (Phi) is 8.77. The van der Waals surface area contributed by atoms with Crippen molar-refractivity contribution in [3.05, 3.63) is 29.8 Å². The van der Waals surface area contributed by atoms with E-state index in [0.29, 0.717) is 38.6 Å². The number of phenolic OH excluding ortho intramolecular Hbond substituents is 1. The molecule has 1 saturated heterocycles. The Balaban J connectivity index is 0.00000312. The number of hydrogen-bond acceptors (Lipinski definition) is 3. The van der Waals surface area contributed by atoms with Crippen molar-refractivity contribution in [2.45, 2.75) is 32.1 Å². The quantitative estimate of drug-likeness (QED) is 0.351. The highest BCUT2D eigenvalue weighted by Gasteiger charge is 2.34. The molecule has 1 aromatic carbocycles. The van der Waals surface area contributed by atoms with Crippen LogP contribution in [0.25, 0.3) is 0 Å². The Morgan fingerprint density at radius 1 is 1.40 bits per heavy atom. The van der Waals surface area contributed by atoms with Crippen molar-refractivity contribution < 1.29 is 18.3 Å². The van der Waals surface area contributed by atoms with E-state index in [9.17, 15) is 18.3 Å². The van der Waals surface area contributed by atoms with Crippen molar-refractivity contribution in [3.63, 3.8) is 0 Å². The van der Waals surface area contributed by atoms with Gasteiger partial charge in [-0.05, 0) is 31.0 Å². The van der Waals surface area contributed by atoms with Gasteiger partial charge in [0.15, 0.2) is 5.96 Å². The molecule has 0 saturated carbocycles. The standard InChI is InChI=1S/C16H23F3N4O.HI/c1-2-20-15(21-9-12-4-3-5-14(24)8-12)22-13-6-7-23(10-13)11-16(17,18)19;/h3-5,8,13,24H,2,6-7,9-11H2,1H3,(H2,20,21,22);1H. The van der Waals surface area contributed by atoms with E-state index < -0.39 is 12.7 Å². The number of guanidine groups is 1. The average Bonchev–Trinajstić information content (AvgIpc) is 2.90. The van der Waals surface area contributed by atoms with Crippen molar-refractivity contribution >= 4 is 29.9 Å². The molecule has 1 atom stereocenters. The summed E-state index contributed by atoms with van der Waals surface area (Å²) in [5.74, 6) is 0.749. The maximum atomic E-state index is 12.4. The highest BCUT2D eigenvalue weighted by Crippen LogP contribution is 2.20. The summed E-state index contributed by atoms with van der Waals surface area (Å²) >= 11 is 0. The molecule has 0 radical (unpaired) electrons. The second-order valence-corrected chi connectivity index (χ2v) is 5.85. The Morgan fingerprint density at radius 2 is 2.16 bits per heavy atom. The van der Waals surface area contributed by atoms with Gasteiger partial charge in [-0.25, -0.2) is 4.99 Å². The molecule has 5 nitrogen and oxygen atoms in total. The molecule has 3 N–H and O–H groups in total. The molecule has 0 aliphatic carbocycles. The molecule has 0 spiro atoms. The summed E-state index contributed by atoms with van der Waals surface area (Å²) in [6, 6.07) is 6.76. The van der Waals surface area contributed by atoms with E-state index in [1.807, 2.05) is 13.0 Å². The SMILES string of the molecule is CCNC(=NCc1cccc(O)c1)NC1CCN(CC(F)(F)F)C1.I. The van der Waals surface area contributed by atoms with Crippen LogP contribution in [0.1, 0.15) is 18.9 Å². The second-order valence-electron chi connectivity index (χ2n) is 5.85. The van der Waals surface area contributed by atoms with Gasteiger partial charge in [0.2, 0.25) is 0 Å². The predicted molar refractivity (Wildman–Crippen MR) is 102 cm³/mol. The molecular weight excluding hydrogens is 448 g/mol. The van der Waals surface area contributed by atoms with Crippen LogP contribution in [0.5, 0.6) is 5.75 Å². The summed E-state index contributed by atoms with van der Waals surface area (Å²) in [6.45, 7) is 2.85. The summed E-state index contributed by atoms with van der Waals surface area (Å²) in [5, 5.41) is 15.7. The van der Waals surface area contributed by atoms with Gasteiger partial charge in [-0.2, -0.15) is 13.2 Å². The molecule has 1 aliphatic rings. The first-order valence-corrected chi connectivity index (χ1v) is 7.97. The minimum atomic E-state index is -4.16. The molecule has 1 fully saturated rings. The van der Waals surface area contributed by atoms with Crippen LogP contribution in [0.15, 0.2) is 29.3 Å². The van der Waals surface area contributed by atoms with Crippen LogP contribution < -0.4 is 10.6 Å². The van der Waals surface area contributed by atoms with Gasteiger partial charge in [0.25, 0.3) is 0 Å². The van der Waals surface area contributed by atoms with Gasteiger partial charge < -0.3 is 15.7 Å². The lowest BCUT2D eigenvalue weighted by Gasteiger charge is -2.19. The van der Waals surface area contributed by atoms with Crippen LogP contribution in [-0.2, 0) is 6.54 Å². The van der Waals surface area contributed by atoms with E-state index >= 15 is 0 Å². The maximum absolute atomic E-state index is 12.4. The minimum Gasteiger partial charge on any atom is -0.508 e. The summed E-state index contributed by atoms with van der Waals surface area (Å²) in [7, 11) is 0.